The summed E-state index contributed by atoms with van der Waals surface area (Å²) in [6.45, 7) is 6.52. The van der Waals surface area contributed by atoms with Crippen LogP contribution in [0, 0.1) is 12.8 Å². The first-order chi connectivity index (χ1) is 8.30. The maximum absolute atomic E-state index is 5.54. The van der Waals surface area contributed by atoms with Crippen LogP contribution >= 0.6 is 11.3 Å². The van der Waals surface area contributed by atoms with Gasteiger partial charge in [-0.05, 0) is 62.2 Å². The lowest BCUT2D eigenvalue weighted by molar-refractivity contribution is -0.0710. The van der Waals surface area contributed by atoms with Crippen LogP contribution < -0.4 is 5.32 Å². The summed E-state index contributed by atoms with van der Waals surface area (Å²) in [4.78, 5) is 1.58. The van der Waals surface area contributed by atoms with Crippen LogP contribution in [0.2, 0.25) is 0 Å². The molecule has 0 bridgehead atoms. The van der Waals surface area contributed by atoms with Crippen molar-refractivity contribution in [3.63, 3.8) is 0 Å². The summed E-state index contributed by atoms with van der Waals surface area (Å²) in [6.07, 6.45) is 4.03. The highest BCUT2D eigenvalue weighted by molar-refractivity contribution is 7.10. The van der Waals surface area contributed by atoms with Crippen molar-refractivity contribution in [3.8, 4) is 0 Å². The molecular formula is C14H21NOS. The Labute approximate surface area is 107 Å². The van der Waals surface area contributed by atoms with E-state index in [9.17, 15) is 0 Å². The summed E-state index contributed by atoms with van der Waals surface area (Å²) >= 11 is 1.92. The Morgan fingerprint density at radius 3 is 2.94 bits per heavy atom. The maximum atomic E-state index is 5.54. The Balaban J connectivity index is 1.75. The lowest BCUT2D eigenvalue weighted by Gasteiger charge is -2.44. The molecule has 3 heteroatoms. The summed E-state index contributed by atoms with van der Waals surface area (Å²) in [6, 6.07) is 2.25. The van der Waals surface area contributed by atoms with Crippen LogP contribution in [0.1, 0.15) is 29.7 Å². The lowest BCUT2D eigenvalue weighted by atomic mass is 9.73. The molecule has 1 aromatic rings. The number of piperidine rings is 1. The van der Waals surface area contributed by atoms with E-state index in [0.717, 1.165) is 19.1 Å². The van der Waals surface area contributed by atoms with Crippen molar-refractivity contribution >= 4 is 11.3 Å². The molecule has 3 rings (SSSR count). The third-order valence-corrected chi connectivity index (χ3v) is 5.44. The largest absolute Gasteiger partial charge is 0.379 e. The van der Waals surface area contributed by atoms with Gasteiger partial charge in [0.1, 0.15) is 0 Å². The van der Waals surface area contributed by atoms with Crippen molar-refractivity contribution < 1.29 is 4.74 Å². The quantitative estimate of drug-likeness (QED) is 0.892. The normalized spacial score (nSPS) is 27.7. The molecule has 0 aromatic carbocycles. The molecule has 0 aliphatic carbocycles. The van der Waals surface area contributed by atoms with Crippen molar-refractivity contribution in [2.24, 2.45) is 5.92 Å². The minimum Gasteiger partial charge on any atom is -0.379 e. The molecule has 3 heterocycles. The van der Waals surface area contributed by atoms with E-state index in [4.69, 9.17) is 4.74 Å². The number of nitrogens with one attached hydrogen (secondary N) is 1. The highest BCUT2D eigenvalue weighted by Gasteiger charge is 2.43. The predicted octanol–water partition coefficient (Wildman–Crippen LogP) is 2.71. The van der Waals surface area contributed by atoms with Crippen LogP contribution in [0.4, 0.5) is 0 Å². The summed E-state index contributed by atoms with van der Waals surface area (Å²) in [7, 11) is 0. The third kappa shape index (κ3) is 2.16. The second-order valence-corrected chi connectivity index (χ2v) is 6.54. The smallest absolute Gasteiger partial charge is 0.0593 e. The molecular weight excluding hydrogens is 230 g/mol. The molecule has 2 saturated heterocycles. The molecule has 2 aliphatic heterocycles. The van der Waals surface area contributed by atoms with Gasteiger partial charge in [-0.15, -0.1) is 11.3 Å². The summed E-state index contributed by atoms with van der Waals surface area (Å²) in [5.41, 5.74) is 1.81. The topological polar surface area (TPSA) is 21.3 Å². The van der Waals surface area contributed by atoms with Gasteiger partial charge in [-0.1, -0.05) is 0 Å². The first kappa shape index (κ1) is 11.7. The Hall–Kier alpha value is -0.380. The fraction of sp³-hybridized carbons (Fsp3) is 0.714. The van der Waals surface area contributed by atoms with Crippen LogP contribution in [0.15, 0.2) is 11.4 Å². The van der Waals surface area contributed by atoms with Crippen molar-refractivity contribution in [3.05, 3.63) is 21.9 Å². The Morgan fingerprint density at radius 1 is 1.53 bits per heavy atom. The van der Waals surface area contributed by atoms with Gasteiger partial charge in [-0.3, -0.25) is 0 Å². The van der Waals surface area contributed by atoms with E-state index in [-0.39, 0.29) is 0 Å². The predicted molar refractivity (Wildman–Crippen MR) is 71.8 cm³/mol. The maximum Gasteiger partial charge on any atom is 0.0593 e. The number of hydrogen-bond donors (Lipinski definition) is 1. The van der Waals surface area contributed by atoms with E-state index in [1.54, 1.807) is 4.88 Å². The molecule has 1 atom stereocenters. The fourth-order valence-corrected chi connectivity index (χ4v) is 4.37. The Kier molecular flexibility index (Phi) is 3.24. The molecule has 17 heavy (non-hydrogen) atoms. The fourth-order valence-electron chi connectivity index (χ4n) is 3.26. The highest BCUT2D eigenvalue weighted by Crippen LogP contribution is 2.43. The zero-order valence-corrected chi connectivity index (χ0v) is 11.3. The van der Waals surface area contributed by atoms with Crippen molar-refractivity contribution in [2.75, 3.05) is 26.3 Å². The molecule has 2 aliphatic rings. The van der Waals surface area contributed by atoms with Gasteiger partial charge in [0, 0.05) is 4.88 Å². The second-order valence-electron chi connectivity index (χ2n) is 5.62. The van der Waals surface area contributed by atoms with E-state index in [1.165, 1.54) is 37.9 Å². The third-order valence-electron chi connectivity index (χ3n) is 4.18. The zero-order chi connectivity index (χ0) is 11.7. The number of ether oxygens (including phenoxy) is 1. The van der Waals surface area contributed by atoms with Crippen LogP contribution in [0.5, 0.6) is 0 Å². The van der Waals surface area contributed by atoms with Gasteiger partial charge in [0.25, 0.3) is 0 Å². The minimum absolute atomic E-state index is 0.349. The van der Waals surface area contributed by atoms with E-state index in [2.05, 4.69) is 23.7 Å². The molecule has 0 saturated carbocycles. The van der Waals surface area contributed by atoms with Gasteiger partial charge in [0.2, 0.25) is 0 Å². The van der Waals surface area contributed by atoms with Gasteiger partial charge in [-0.2, -0.15) is 0 Å². The molecule has 1 unspecified atom stereocenters. The van der Waals surface area contributed by atoms with Crippen LogP contribution in [0.25, 0.3) is 0 Å². The SMILES string of the molecule is Cc1ccsc1C1(CC2CCCNC2)COC1. The van der Waals surface area contributed by atoms with Crippen molar-refractivity contribution in [1.29, 1.82) is 0 Å². The molecule has 2 nitrogen and oxygen atoms in total. The van der Waals surface area contributed by atoms with Crippen molar-refractivity contribution in [2.45, 2.75) is 31.6 Å². The molecule has 0 radical (unpaired) electrons. The van der Waals surface area contributed by atoms with Crippen LogP contribution in [-0.2, 0) is 10.2 Å². The molecule has 0 spiro atoms. The number of thiophene rings is 1. The molecule has 1 aromatic heterocycles. The monoisotopic (exact) mass is 251 g/mol. The number of hydrogen-bond acceptors (Lipinski definition) is 3. The van der Waals surface area contributed by atoms with E-state index < -0.39 is 0 Å². The van der Waals surface area contributed by atoms with E-state index >= 15 is 0 Å². The van der Waals surface area contributed by atoms with Gasteiger partial charge >= 0.3 is 0 Å². The highest BCUT2D eigenvalue weighted by atomic mass is 32.1. The van der Waals surface area contributed by atoms with Crippen LogP contribution in [0.3, 0.4) is 0 Å². The number of aryl methyl sites for hydroxylation is 1. The Morgan fingerprint density at radius 2 is 2.41 bits per heavy atom. The average molecular weight is 251 g/mol. The van der Waals surface area contributed by atoms with E-state index in [1.807, 2.05) is 11.3 Å². The van der Waals surface area contributed by atoms with Gasteiger partial charge < -0.3 is 10.1 Å². The Bertz CT molecular complexity index is 377. The number of rotatable bonds is 3. The van der Waals surface area contributed by atoms with Gasteiger partial charge in [-0.25, -0.2) is 0 Å². The molecule has 0 amide bonds. The minimum atomic E-state index is 0.349. The van der Waals surface area contributed by atoms with Gasteiger partial charge in [0.05, 0.1) is 18.6 Å². The summed E-state index contributed by atoms with van der Waals surface area (Å²) < 4.78 is 5.54. The molecule has 94 valence electrons. The van der Waals surface area contributed by atoms with E-state index in [0.29, 0.717) is 5.41 Å². The average Bonchev–Trinajstić information content (AvgIpc) is 2.72. The first-order valence-electron chi connectivity index (χ1n) is 6.63. The van der Waals surface area contributed by atoms with Gasteiger partial charge in [0.15, 0.2) is 0 Å². The summed E-state index contributed by atoms with van der Waals surface area (Å²) in [5, 5.41) is 5.75. The molecule has 2 fully saturated rings. The summed E-state index contributed by atoms with van der Waals surface area (Å²) in [5.74, 6) is 0.842. The van der Waals surface area contributed by atoms with Crippen LogP contribution in [-0.4, -0.2) is 26.3 Å². The second kappa shape index (κ2) is 4.71. The standard InChI is InChI=1S/C14H21NOS/c1-11-4-6-17-13(11)14(9-16-10-14)7-12-3-2-5-15-8-12/h4,6,12,15H,2-3,5,7-10H2,1H3. The van der Waals surface area contributed by atoms with Crippen molar-refractivity contribution in [1.82, 2.24) is 5.32 Å². The lowest BCUT2D eigenvalue weighted by Crippen LogP contribution is -2.49. The molecule has 1 N–H and O–H groups in total. The first-order valence-corrected chi connectivity index (χ1v) is 7.51. The zero-order valence-electron chi connectivity index (χ0n) is 10.5.